The Morgan fingerprint density at radius 1 is 1.56 bits per heavy atom. The fraction of sp³-hybridized carbons (Fsp3) is 0.333. The fourth-order valence-corrected chi connectivity index (χ4v) is 1.42. The van der Waals surface area contributed by atoms with Crippen LogP contribution in [0, 0.1) is 6.92 Å². The van der Waals surface area contributed by atoms with Gasteiger partial charge in [-0.05, 0) is 6.92 Å². The van der Waals surface area contributed by atoms with Gasteiger partial charge >= 0.3 is 5.97 Å². The normalized spacial score (nSPS) is 10.6. The Hall–Kier alpha value is -2.18. The Bertz CT molecular complexity index is 537. The number of anilines is 1. The highest BCUT2D eigenvalue weighted by Crippen LogP contribution is 2.22. The van der Waals surface area contributed by atoms with E-state index in [4.69, 9.17) is 9.63 Å². The Kier molecular flexibility index (Phi) is 2.43. The van der Waals surface area contributed by atoms with Crippen LogP contribution in [-0.4, -0.2) is 39.8 Å². The van der Waals surface area contributed by atoms with Crippen LogP contribution in [0.1, 0.15) is 5.82 Å². The summed E-state index contributed by atoms with van der Waals surface area (Å²) in [7, 11) is 1.64. The van der Waals surface area contributed by atoms with Crippen molar-refractivity contribution >= 4 is 22.9 Å². The lowest BCUT2D eigenvalue weighted by molar-refractivity contribution is -0.135. The predicted molar refractivity (Wildman–Crippen MR) is 55.2 cm³/mol. The second-order valence-corrected chi connectivity index (χ2v) is 3.39. The Balaban J connectivity index is 2.49. The lowest BCUT2D eigenvalue weighted by Crippen LogP contribution is -2.26. The molecule has 0 saturated carbocycles. The van der Waals surface area contributed by atoms with E-state index < -0.39 is 5.97 Å². The number of hydrogen-bond acceptors (Lipinski definition) is 6. The molecule has 0 saturated heterocycles. The van der Waals surface area contributed by atoms with E-state index in [9.17, 15) is 4.79 Å². The van der Waals surface area contributed by atoms with Gasteiger partial charge in [0.1, 0.15) is 23.6 Å². The van der Waals surface area contributed by atoms with Crippen LogP contribution in [0.4, 0.5) is 5.82 Å². The number of carboxylic acids is 1. The molecule has 0 fully saturated rings. The van der Waals surface area contributed by atoms with E-state index >= 15 is 0 Å². The molecule has 0 aromatic carbocycles. The zero-order chi connectivity index (χ0) is 11.7. The first kappa shape index (κ1) is 10.3. The summed E-state index contributed by atoms with van der Waals surface area (Å²) in [4.78, 5) is 20.4. The summed E-state index contributed by atoms with van der Waals surface area (Å²) < 4.78 is 4.92. The van der Waals surface area contributed by atoms with Crippen LogP contribution in [-0.2, 0) is 4.79 Å². The van der Waals surface area contributed by atoms with Gasteiger partial charge in [0.05, 0.1) is 6.20 Å². The number of aryl methyl sites for hydroxylation is 1. The highest BCUT2D eigenvalue weighted by atomic mass is 16.5. The van der Waals surface area contributed by atoms with E-state index in [1.807, 2.05) is 0 Å². The van der Waals surface area contributed by atoms with Gasteiger partial charge in [-0.1, -0.05) is 5.16 Å². The minimum Gasteiger partial charge on any atom is -0.480 e. The minimum atomic E-state index is -0.927. The molecular weight excluding hydrogens is 212 g/mol. The third-order valence-electron chi connectivity index (χ3n) is 2.06. The molecule has 0 aliphatic rings. The van der Waals surface area contributed by atoms with E-state index in [0.717, 1.165) is 0 Å². The molecule has 2 aromatic rings. The molecule has 2 aromatic heterocycles. The minimum absolute atomic E-state index is 0.142. The lowest BCUT2D eigenvalue weighted by atomic mass is 10.3. The molecule has 2 rings (SSSR count). The van der Waals surface area contributed by atoms with Crippen molar-refractivity contribution in [3.8, 4) is 0 Å². The average Bonchev–Trinajstić information content (AvgIpc) is 2.62. The number of likely N-dealkylation sites (N-methyl/N-ethyl adjacent to an activating group) is 1. The summed E-state index contributed by atoms with van der Waals surface area (Å²) in [6, 6.07) is 0. The Morgan fingerprint density at radius 2 is 2.31 bits per heavy atom. The molecule has 0 aliphatic heterocycles. The number of carbonyl (C=O) groups is 1. The highest BCUT2D eigenvalue weighted by molar-refractivity contribution is 5.86. The number of aromatic nitrogens is 3. The number of nitrogens with zero attached hydrogens (tertiary/aromatic N) is 4. The van der Waals surface area contributed by atoms with Gasteiger partial charge in [0.2, 0.25) is 0 Å². The van der Waals surface area contributed by atoms with Crippen molar-refractivity contribution in [3.63, 3.8) is 0 Å². The molecule has 7 nitrogen and oxygen atoms in total. The summed E-state index contributed by atoms with van der Waals surface area (Å²) in [5.74, 6) is 0.0889. The second-order valence-electron chi connectivity index (χ2n) is 3.39. The topological polar surface area (TPSA) is 92.4 Å². The quantitative estimate of drug-likeness (QED) is 0.805. The predicted octanol–water partition coefficient (Wildman–Crippen LogP) is 0.447. The van der Waals surface area contributed by atoms with Crippen molar-refractivity contribution < 1.29 is 14.4 Å². The summed E-state index contributed by atoms with van der Waals surface area (Å²) in [5.41, 5.74) is 0.361. The molecule has 0 atom stereocenters. The standard InChI is InChI=1S/C9H10N4O3/c1-5-11-8(13(2)4-7(14)15)6-3-10-16-9(6)12-5/h3H,4H2,1-2H3,(H,14,15). The molecule has 0 aliphatic carbocycles. The SMILES string of the molecule is Cc1nc(N(C)CC(=O)O)c2cnoc2n1. The molecule has 0 radical (unpaired) electrons. The maximum Gasteiger partial charge on any atom is 0.323 e. The van der Waals surface area contributed by atoms with Crippen molar-refractivity contribution in [1.29, 1.82) is 0 Å². The van der Waals surface area contributed by atoms with Crippen LogP contribution in [0.2, 0.25) is 0 Å². The smallest absolute Gasteiger partial charge is 0.323 e. The second kappa shape index (κ2) is 3.76. The first-order chi connectivity index (χ1) is 7.58. The van der Waals surface area contributed by atoms with E-state index in [1.165, 1.54) is 11.1 Å². The van der Waals surface area contributed by atoms with Crippen molar-refractivity contribution in [2.24, 2.45) is 0 Å². The first-order valence-electron chi connectivity index (χ1n) is 4.60. The van der Waals surface area contributed by atoms with Crippen LogP contribution in [0.5, 0.6) is 0 Å². The van der Waals surface area contributed by atoms with Gasteiger partial charge in [0.15, 0.2) is 0 Å². The Labute approximate surface area is 90.7 Å². The zero-order valence-corrected chi connectivity index (χ0v) is 8.84. The van der Waals surface area contributed by atoms with E-state index in [1.54, 1.807) is 14.0 Å². The summed E-state index contributed by atoms with van der Waals surface area (Å²) in [6.07, 6.45) is 1.47. The fourth-order valence-electron chi connectivity index (χ4n) is 1.42. The Morgan fingerprint density at radius 3 is 3.00 bits per heavy atom. The van der Waals surface area contributed by atoms with Crippen molar-refractivity contribution in [2.45, 2.75) is 6.92 Å². The molecule has 0 bridgehead atoms. The molecule has 0 spiro atoms. The third-order valence-corrected chi connectivity index (χ3v) is 2.06. The molecule has 7 heteroatoms. The summed E-state index contributed by atoms with van der Waals surface area (Å²) in [5, 5.41) is 12.9. The van der Waals surface area contributed by atoms with Crippen molar-refractivity contribution in [1.82, 2.24) is 15.1 Å². The number of fused-ring (bicyclic) bond motifs is 1. The largest absolute Gasteiger partial charge is 0.480 e. The molecule has 84 valence electrons. The van der Waals surface area contributed by atoms with Gasteiger partial charge in [-0.25, -0.2) is 4.98 Å². The number of rotatable bonds is 3. The third kappa shape index (κ3) is 1.79. The number of hydrogen-bond donors (Lipinski definition) is 1. The van der Waals surface area contributed by atoms with Crippen LogP contribution >= 0.6 is 0 Å². The van der Waals surface area contributed by atoms with Crippen LogP contribution < -0.4 is 4.90 Å². The van der Waals surface area contributed by atoms with Gasteiger partial charge in [0, 0.05) is 7.05 Å². The van der Waals surface area contributed by atoms with E-state index in [-0.39, 0.29) is 6.54 Å². The summed E-state index contributed by atoms with van der Waals surface area (Å²) >= 11 is 0. The van der Waals surface area contributed by atoms with Crippen molar-refractivity contribution in [2.75, 3.05) is 18.5 Å². The van der Waals surface area contributed by atoms with Crippen LogP contribution in [0.15, 0.2) is 10.7 Å². The van der Waals surface area contributed by atoms with Gasteiger partial charge in [0.25, 0.3) is 5.71 Å². The van der Waals surface area contributed by atoms with Crippen molar-refractivity contribution in [3.05, 3.63) is 12.0 Å². The molecular formula is C9H10N4O3. The number of carboxylic acid groups (broad SMARTS) is 1. The zero-order valence-electron chi connectivity index (χ0n) is 8.84. The summed E-state index contributed by atoms with van der Waals surface area (Å²) in [6.45, 7) is 1.57. The monoisotopic (exact) mass is 222 g/mol. The van der Waals surface area contributed by atoms with Gasteiger partial charge in [-0.2, -0.15) is 4.98 Å². The van der Waals surface area contributed by atoms with Gasteiger partial charge in [-0.15, -0.1) is 0 Å². The molecule has 0 unspecified atom stereocenters. The molecule has 1 N–H and O–H groups in total. The van der Waals surface area contributed by atoms with E-state index in [2.05, 4.69) is 15.1 Å². The maximum absolute atomic E-state index is 10.6. The molecule has 2 heterocycles. The molecule has 0 amide bonds. The number of aliphatic carboxylic acids is 1. The molecule has 16 heavy (non-hydrogen) atoms. The average molecular weight is 222 g/mol. The first-order valence-corrected chi connectivity index (χ1v) is 4.60. The van der Waals surface area contributed by atoms with Crippen LogP contribution in [0.3, 0.4) is 0 Å². The maximum atomic E-state index is 10.6. The lowest BCUT2D eigenvalue weighted by Gasteiger charge is -2.15. The van der Waals surface area contributed by atoms with Gasteiger partial charge < -0.3 is 14.5 Å². The van der Waals surface area contributed by atoms with E-state index in [0.29, 0.717) is 22.7 Å². The van der Waals surface area contributed by atoms with Gasteiger partial charge in [-0.3, -0.25) is 4.79 Å². The highest BCUT2D eigenvalue weighted by Gasteiger charge is 2.14. The van der Waals surface area contributed by atoms with Crippen LogP contribution in [0.25, 0.3) is 11.1 Å².